The topological polar surface area (TPSA) is 113 Å². The lowest BCUT2D eigenvalue weighted by molar-refractivity contribution is -0.122. The molecule has 0 unspecified atom stereocenters. The van der Waals surface area contributed by atoms with Gasteiger partial charge in [0.25, 0.3) is 17.9 Å². The Morgan fingerprint density at radius 3 is 2.65 bits per heavy atom. The number of fused-ring (bicyclic) bond motifs is 5. The lowest BCUT2D eigenvalue weighted by atomic mass is 9.83. The highest BCUT2D eigenvalue weighted by molar-refractivity contribution is 5.93. The van der Waals surface area contributed by atoms with E-state index in [2.05, 4.69) is 16.1 Å². The summed E-state index contributed by atoms with van der Waals surface area (Å²) in [7, 11) is 3.94. The van der Waals surface area contributed by atoms with Gasteiger partial charge in [0.1, 0.15) is 0 Å². The van der Waals surface area contributed by atoms with Crippen molar-refractivity contribution in [2.45, 2.75) is 39.3 Å². The molecule has 1 N–H and O–H groups in total. The summed E-state index contributed by atoms with van der Waals surface area (Å²) in [6.45, 7) is 6.23. The van der Waals surface area contributed by atoms with E-state index < -0.39 is 0 Å². The number of amides is 1. The van der Waals surface area contributed by atoms with Crippen molar-refractivity contribution in [3.63, 3.8) is 0 Å². The van der Waals surface area contributed by atoms with E-state index in [4.69, 9.17) is 9.90 Å². The highest BCUT2D eigenvalue weighted by atomic mass is 16.3. The minimum Gasteiger partial charge on any atom is -0.483 e. The third-order valence-electron chi connectivity index (χ3n) is 6.41. The number of carboxylic acid groups (broad SMARTS) is 1. The summed E-state index contributed by atoms with van der Waals surface area (Å²) in [4.78, 5) is 43.1. The number of hydrogen-bond acceptors (Lipinski definition) is 6. The predicted molar refractivity (Wildman–Crippen MR) is 126 cm³/mol. The van der Waals surface area contributed by atoms with Crippen molar-refractivity contribution in [2.24, 2.45) is 5.92 Å². The summed E-state index contributed by atoms with van der Waals surface area (Å²) in [5.41, 5.74) is 4.97. The second kappa shape index (κ2) is 9.38. The van der Waals surface area contributed by atoms with E-state index in [0.717, 1.165) is 29.1 Å². The third kappa shape index (κ3) is 4.45. The zero-order valence-electron chi connectivity index (χ0n) is 19.9. The number of hydrogen-bond donors (Lipinski definition) is 1. The highest BCUT2D eigenvalue weighted by Crippen LogP contribution is 2.35. The first-order chi connectivity index (χ1) is 16.2. The van der Waals surface area contributed by atoms with E-state index in [0.29, 0.717) is 37.5 Å². The summed E-state index contributed by atoms with van der Waals surface area (Å²) >= 11 is 0. The Kier molecular flexibility index (Phi) is 6.52. The van der Waals surface area contributed by atoms with E-state index in [9.17, 15) is 9.59 Å². The molecule has 0 aromatic carbocycles. The number of likely N-dealkylation sites (tertiary alicyclic amines) is 1. The quantitative estimate of drug-likeness (QED) is 0.583. The minimum absolute atomic E-state index is 0.0581. The molecular formula is C24H30N6O4. The molecule has 0 radical (unpaired) electrons. The van der Waals surface area contributed by atoms with Crippen LogP contribution in [0.3, 0.4) is 0 Å². The Hall–Kier alpha value is -3.53. The Bertz CT molecular complexity index is 1290. The molecular weight excluding hydrogens is 436 g/mol. The molecule has 5 heterocycles. The van der Waals surface area contributed by atoms with Crippen LogP contribution in [0.1, 0.15) is 45.5 Å². The average Bonchev–Trinajstić information content (AvgIpc) is 3.20. The molecule has 0 saturated carbocycles. The summed E-state index contributed by atoms with van der Waals surface area (Å²) < 4.78 is 3.67. The monoisotopic (exact) mass is 466 g/mol. The van der Waals surface area contributed by atoms with Crippen molar-refractivity contribution in [1.29, 1.82) is 0 Å². The molecule has 10 nitrogen and oxygen atoms in total. The maximum atomic E-state index is 13.3. The number of carbonyl (C=O) groups excluding carboxylic acids is 1. The molecule has 3 aromatic heterocycles. The summed E-state index contributed by atoms with van der Waals surface area (Å²) in [6.07, 6.45) is 1.02. The van der Waals surface area contributed by atoms with Gasteiger partial charge in [0, 0.05) is 60.8 Å². The largest absolute Gasteiger partial charge is 0.483 e. The molecule has 2 aliphatic heterocycles. The number of nitrogens with zero attached hydrogens (tertiary/aromatic N) is 6. The van der Waals surface area contributed by atoms with Crippen LogP contribution in [0.15, 0.2) is 29.1 Å². The lowest BCUT2D eigenvalue weighted by Crippen LogP contribution is -2.49. The summed E-state index contributed by atoms with van der Waals surface area (Å²) in [5.74, 6) is 0.399. The Balaban J connectivity index is 0.000000868. The highest BCUT2D eigenvalue weighted by Gasteiger charge is 2.37. The average molecular weight is 467 g/mol. The van der Waals surface area contributed by atoms with Crippen LogP contribution in [0.5, 0.6) is 0 Å². The fourth-order valence-electron chi connectivity index (χ4n) is 5.17. The molecule has 180 valence electrons. The molecule has 0 aliphatic carbocycles. The zero-order chi connectivity index (χ0) is 24.6. The van der Waals surface area contributed by atoms with Crippen molar-refractivity contribution < 1.29 is 14.7 Å². The maximum absolute atomic E-state index is 13.3. The molecule has 0 spiro atoms. The number of pyridine rings is 1. The van der Waals surface area contributed by atoms with Crippen LogP contribution in [0, 0.1) is 19.8 Å². The van der Waals surface area contributed by atoms with Crippen LogP contribution < -0.4 is 5.56 Å². The second-order valence-electron chi connectivity index (χ2n) is 9.39. The van der Waals surface area contributed by atoms with Crippen molar-refractivity contribution >= 4 is 18.0 Å². The van der Waals surface area contributed by atoms with Gasteiger partial charge >= 0.3 is 0 Å². The van der Waals surface area contributed by atoms with E-state index in [1.54, 1.807) is 10.6 Å². The Morgan fingerprint density at radius 1 is 1.21 bits per heavy atom. The number of carbonyl (C=O) groups is 2. The van der Waals surface area contributed by atoms with Crippen molar-refractivity contribution in [2.75, 3.05) is 27.2 Å². The first-order valence-corrected chi connectivity index (χ1v) is 11.3. The molecule has 5 rings (SSSR count). The van der Waals surface area contributed by atoms with Gasteiger partial charge in [-0.1, -0.05) is 6.07 Å². The van der Waals surface area contributed by atoms with Crippen LogP contribution in [-0.4, -0.2) is 73.6 Å². The van der Waals surface area contributed by atoms with Gasteiger partial charge in [-0.3, -0.25) is 14.4 Å². The molecule has 34 heavy (non-hydrogen) atoms. The van der Waals surface area contributed by atoms with Crippen LogP contribution in [0.25, 0.3) is 5.65 Å². The molecule has 1 amide bonds. The van der Waals surface area contributed by atoms with Gasteiger partial charge in [-0.05, 0) is 52.4 Å². The fourth-order valence-corrected chi connectivity index (χ4v) is 5.17. The fraction of sp³-hybridized carbons (Fsp3) is 0.458. The van der Waals surface area contributed by atoms with Gasteiger partial charge in [0.15, 0.2) is 11.3 Å². The summed E-state index contributed by atoms with van der Waals surface area (Å²) in [6, 6.07) is 7.77. The van der Waals surface area contributed by atoms with Crippen molar-refractivity contribution in [1.82, 2.24) is 29.0 Å². The number of rotatable bonds is 3. The number of aryl methyl sites for hydroxylation is 2. The molecule has 10 heteroatoms. The van der Waals surface area contributed by atoms with Crippen LogP contribution in [0.4, 0.5) is 0 Å². The number of piperidine rings is 1. The van der Waals surface area contributed by atoms with Crippen LogP contribution in [-0.2, 0) is 17.9 Å². The van der Waals surface area contributed by atoms with Crippen LogP contribution >= 0.6 is 0 Å². The molecule has 1 saturated heterocycles. The van der Waals surface area contributed by atoms with Gasteiger partial charge in [-0.15, -0.1) is 0 Å². The smallest absolute Gasteiger partial charge is 0.290 e. The molecule has 2 bridgehead atoms. The van der Waals surface area contributed by atoms with Crippen molar-refractivity contribution in [3.8, 4) is 0 Å². The first-order valence-electron chi connectivity index (χ1n) is 11.3. The maximum Gasteiger partial charge on any atom is 0.290 e. The molecule has 2 aliphatic rings. The zero-order valence-corrected chi connectivity index (χ0v) is 19.9. The van der Waals surface area contributed by atoms with E-state index in [-0.39, 0.29) is 29.8 Å². The van der Waals surface area contributed by atoms with Gasteiger partial charge < -0.3 is 19.5 Å². The van der Waals surface area contributed by atoms with E-state index in [1.165, 1.54) is 0 Å². The van der Waals surface area contributed by atoms with Gasteiger partial charge in [0.05, 0.1) is 0 Å². The molecule has 1 fully saturated rings. The molecule has 3 aromatic rings. The third-order valence-corrected chi connectivity index (χ3v) is 6.41. The second-order valence-corrected chi connectivity index (χ2v) is 9.39. The molecule has 2 atom stereocenters. The van der Waals surface area contributed by atoms with Gasteiger partial charge in [-0.25, -0.2) is 9.50 Å². The first kappa shape index (κ1) is 23.6. The van der Waals surface area contributed by atoms with Crippen molar-refractivity contribution in [3.05, 3.63) is 63.0 Å². The van der Waals surface area contributed by atoms with E-state index in [1.807, 2.05) is 54.4 Å². The Labute approximate surface area is 197 Å². The van der Waals surface area contributed by atoms with Crippen LogP contribution in [0.2, 0.25) is 0 Å². The van der Waals surface area contributed by atoms with Gasteiger partial charge in [0.2, 0.25) is 0 Å². The SMILES string of the molecule is Cc1cc(C)n2nc(C(=O)N3C[C@@H]4C[C@H](C3)c3ccc(CN(C)C)c(=O)n3C4)cc2n1.O=CO. The predicted octanol–water partition coefficient (Wildman–Crippen LogP) is 1.53. The van der Waals surface area contributed by atoms with Gasteiger partial charge in [-0.2, -0.15) is 5.10 Å². The number of aromatic nitrogens is 4. The van der Waals surface area contributed by atoms with E-state index >= 15 is 0 Å². The summed E-state index contributed by atoms with van der Waals surface area (Å²) in [5, 5.41) is 11.4. The normalized spacial score (nSPS) is 18.9. The minimum atomic E-state index is -0.250. The Morgan fingerprint density at radius 2 is 1.94 bits per heavy atom. The lowest BCUT2D eigenvalue weighted by Gasteiger charge is -2.42. The standard InChI is InChI=1S/C23H28N6O2.CH2O2/c1-14-7-15(2)29-21(24-14)9-19(25-29)23(31)27-10-16-8-18(13-27)20-6-5-17(12-26(3)4)22(30)28(20)11-16;2-1-3/h5-7,9,16,18H,8,10-13H2,1-4H3;1H,(H,2,3)/t16-,18+;/m0./s1.